The van der Waals surface area contributed by atoms with Gasteiger partial charge in [-0.25, -0.2) is 0 Å². The molecule has 0 aliphatic carbocycles. The largest absolute Gasteiger partial charge is 0.309 e. The Kier molecular flexibility index (Phi) is 4.82. The number of hydrogen-bond acceptors (Lipinski definition) is 1. The Morgan fingerprint density at radius 3 is 2.04 bits per heavy atom. The standard InChI is InChI=1S/C43H30N2/c1-43(2)35-19-8-11-22-40(35)45-38-21-10-6-15-29(38)31-17-12-18-32-33(26-36(43)42(45)41(31)32)27-23-24-39-34(25-27)30-16-7-9-20-37(30)44(39)28-13-4-3-5-14-28/h3-26H,1-2H3. The van der Waals surface area contributed by atoms with Crippen LogP contribution in [-0.4, -0.2) is 4.57 Å². The van der Waals surface area contributed by atoms with Crippen molar-refractivity contribution in [3.8, 4) is 27.9 Å². The Bertz CT molecular complexity index is 2510. The van der Waals surface area contributed by atoms with Crippen molar-refractivity contribution in [3.63, 3.8) is 0 Å². The molecule has 0 radical (unpaired) electrons. The fourth-order valence-corrected chi connectivity index (χ4v) is 8.23. The van der Waals surface area contributed by atoms with Gasteiger partial charge < -0.3 is 9.47 Å². The first kappa shape index (κ1) is 24.8. The minimum atomic E-state index is -0.168. The third-order valence-corrected chi connectivity index (χ3v) is 10.3. The minimum Gasteiger partial charge on any atom is -0.309 e. The predicted octanol–water partition coefficient (Wildman–Crippen LogP) is 11.7. The second-order valence-corrected chi connectivity index (χ2v) is 13.0. The summed E-state index contributed by atoms with van der Waals surface area (Å²) in [5.41, 5.74) is 15.2. The quantitative estimate of drug-likeness (QED) is 0.199. The smallest absolute Gasteiger partial charge is 0.0587 e. The molecule has 0 unspecified atom stereocenters. The van der Waals surface area contributed by atoms with E-state index in [1.165, 1.54) is 88.7 Å². The van der Waals surface area contributed by atoms with E-state index in [2.05, 4.69) is 169 Å². The highest BCUT2D eigenvalue weighted by atomic mass is 15.2. The molecule has 45 heavy (non-hydrogen) atoms. The maximum atomic E-state index is 2.53. The molecule has 0 saturated carbocycles. The van der Waals surface area contributed by atoms with E-state index in [0.717, 1.165) is 0 Å². The van der Waals surface area contributed by atoms with Crippen molar-refractivity contribution in [2.24, 2.45) is 0 Å². The summed E-state index contributed by atoms with van der Waals surface area (Å²) in [5, 5.41) is 5.19. The van der Waals surface area contributed by atoms with Gasteiger partial charge in [-0.2, -0.15) is 0 Å². The Balaban J connectivity index is 1.32. The first-order valence-electron chi connectivity index (χ1n) is 15.8. The molecule has 2 heteroatoms. The zero-order valence-electron chi connectivity index (χ0n) is 25.3. The van der Waals surface area contributed by atoms with Crippen LogP contribution in [0.1, 0.15) is 25.0 Å². The zero-order chi connectivity index (χ0) is 29.9. The van der Waals surface area contributed by atoms with E-state index in [9.17, 15) is 0 Å². The lowest BCUT2D eigenvalue weighted by Crippen LogP contribution is -2.32. The van der Waals surface area contributed by atoms with E-state index in [1.54, 1.807) is 0 Å². The number of para-hydroxylation sites is 4. The molecule has 0 bridgehead atoms. The van der Waals surface area contributed by atoms with Crippen molar-refractivity contribution in [1.82, 2.24) is 4.57 Å². The average molecular weight is 575 g/mol. The van der Waals surface area contributed by atoms with Crippen molar-refractivity contribution in [2.45, 2.75) is 19.3 Å². The maximum Gasteiger partial charge on any atom is 0.0587 e. The first-order chi connectivity index (χ1) is 22.1. The molecule has 0 spiro atoms. The van der Waals surface area contributed by atoms with Crippen molar-refractivity contribution in [3.05, 3.63) is 157 Å². The highest BCUT2D eigenvalue weighted by Crippen LogP contribution is 2.60. The van der Waals surface area contributed by atoms with E-state index >= 15 is 0 Å². The van der Waals surface area contributed by atoms with Crippen LogP contribution in [0.2, 0.25) is 0 Å². The number of rotatable bonds is 2. The topological polar surface area (TPSA) is 8.17 Å². The van der Waals surface area contributed by atoms with Crippen LogP contribution >= 0.6 is 0 Å². The molecular formula is C43H30N2. The number of aromatic nitrogens is 1. The zero-order valence-corrected chi connectivity index (χ0v) is 25.3. The van der Waals surface area contributed by atoms with Crippen LogP contribution in [0.25, 0.3) is 60.5 Å². The molecule has 2 aliphatic heterocycles. The Labute approximate surface area is 262 Å². The molecule has 10 rings (SSSR count). The van der Waals surface area contributed by atoms with Gasteiger partial charge in [0.25, 0.3) is 0 Å². The van der Waals surface area contributed by atoms with Crippen LogP contribution < -0.4 is 4.90 Å². The maximum absolute atomic E-state index is 2.53. The van der Waals surface area contributed by atoms with Crippen LogP contribution in [-0.2, 0) is 5.41 Å². The van der Waals surface area contributed by atoms with Crippen LogP contribution in [0.3, 0.4) is 0 Å². The van der Waals surface area contributed by atoms with E-state index < -0.39 is 0 Å². The second-order valence-electron chi connectivity index (χ2n) is 13.0. The Morgan fingerprint density at radius 2 is 1.16 bits per heavy atom. The predicted molar refractivity (Wildman–Crippen MR) is 190 cm³/mol. The SMILES string of the molecule is CC1(C)c2ccccc2N2c3ccccc3-c3cccc4c(-c5ccc6c(c5)c5ccccc5n6-c5ccccc5)cc1c2c34. The number of hydrogen-bond donors (Lipinski definition) is 0. The Morgan fingerprint density at radius 1 is 0.467 bits per heavy atom. The normalized spacial score (nSPS) is 14.1. The molecule has 8 aromatic rings. The summed E-state index contributed by atoms with van der Waals surface area (Å²) in [7, 11) is 0. The van der Waals surface area contributed by atoms with E-state index in [1.807, 2.05) is 0 Å². The minimum absolute atomic E-state index is 0.168. The van der Waals surface area contributed by atoms with Gasteiger partial charge in [-0.1, -0.05) is 111 Å². The molecule has 0 saturated heterocycles. The van der Waals surface area contributed by atoms with Gasteiger partial charge in [-0.05, 0) is 81.7 Å². The number of fused-ring (bicyclic) bond motifs is 8. The van der Waals surface area contributed by atoms with Crippen LogP contribution in [0.4, 0.5) is 17.1 Å². The molecule has 0 atom stereocenters. The lowest BCUT2D eigenvalue weighted by molar-refractivity contribution is 0.633. The van der Waals surface area contributed by atoms with Crippen molar-refractivity contribution in [1.29, 1.82) is 0 Å². The summed E-state index contributed by atoms with van der Waals surface area (Å²) in [5.74, 6) is 0. The van der Waals surface area contributed by atoms with E-state index in [0.29, 0.717) is 0 Å². The van der Waals surface area contributed by atoms with Crippen LogP contribution in [0, 0.1) is 0 Å². The van der Waals surface area contributed by atoms with E-state index in [4.69, 9.17) is 0 Å². The summed E-state index contributed by atoms with van der Waals surface area (Å²) in [6.07, 6.45) is 0. The summed E-state index contributed by atoms with van der Waals surface area (Å²) in [6.45, 7) is 4.79. The molecule has 0 amide bonds. The monoisotopic (exact) mass is 574 g/mol. The van der Waals surface area contributed by atoms with Crippen molar-refractivity contribution < 1.29 is 0 Å². The van der Waals surface area contributed by atoms with E-state index in [-0.39, 0.29) is 5.41 Å². The lowest BCUT2D eigenvalue weighted by Gasteiger charge is -2.45. The van der Waals surface area contributed by atoms with Gasteiger partial charge in [0.2, 0.25) is 0 Å². The van der Waals surface area contributed by atoms with Gasteiger partial charge in [-0.15, -0.1) is 0 Å². The van der Waals surface area contributed by atoms with Gasteiger partial charge in [0.1, 0.15) is 0 Å². The number of anilines is 3. The fraction of sp³-hybridized carbons (Fsp3) is 0.0698. The summed E-state index contributed by atoms with van der Waals surface area (Å²) >= 11 is 0. The lowest BCUT2D eigenvalue weighted by atomic mass is 9.70. The molecule has 3 heterocycles. The molecule has 7 aromatic carbocycles. The van der Waals surface area contributed by atoms with Crippen LogP contribution in [0.15, 0.2) is 146 Å². The highest BCUT2D eigenvalue weighted by molar-refractivity contribution is 6.20. The first-order valence-corrected chi connectivity index (χ1v) is 15.8. The van der Waals surface area contributed by atoms with Crippen LogP contribution in [0.5, 0.6) is 0 Å². The molecule has 2 nitrogen and oxygen atoms in total. The molecular weight excluding hydrogens is 544 g/mol. The van der Waals surface area contributed by atoms with Gasteiger partial charge >= 0.3 is 0 Å². The fourth-order valence-electron chi connectivity index (χ4n) is 8.23. The molecule has 0 fully saturated rings. The molecule has 0 N–H and O–H groups in total. The summed E-state index contributed by atoms with van der Waals surface area (Å²) in [6, 6.07) is 53.8. The second kappa shape index (κ2) is 8.74. The highest BCUT2D eigenvalue weighted by Gasteiger charge is 2.41. The Hall–Kier alpha value is -5.60. The average Bonchev–Trinajstić information content (AvgIpc) is 3.42. The van der Waals surface area contributed by atoms with Gasteiger partial charge in [0, 0.05) is 32.8 Å². The van der Waals surface area contributed by atoms with Gasteiger partial charge in [-0.3, -0.25) is 0 Å². The molecule has 2 aliphatic rings. The molecule has 1 aromatic heterocycles. The number of nitrogens with zero attached hydrogens (tertiary/aromatic N) is 2. The van der Waals surface area contributed by atoms with Crippen molar-refractivity contribution in [2.75, 3.05) is 4.90 Å². The summed E-state index contributed by atoms with van der Waals surface area (Å²) in [4.78, 5) is 2.53. The van der Waals surface area contributed by atoms with Crippen molar-refractivity contribution >= 4 is 49.6 Å². The summed E-state index contributed by atoms with van der Waals surface area (Å²) < 4.78 is 2.39. The number of benzene rings is 7. The third kappa shape index (κ3) is 3.18. The van der Waals surface area contributed by atoms with Gasteiger partial charge in [0.15, 0.2) is 0 Å². The molecule has 212 valence electrons. The third-order valence-electron chi connectivity index (χ3n) is 10.3. The van der Waals surface area contributed by atoms with Gasteiger partial charge in [0.05, 0.1) is 28.1 Å².